The summed E-state index contributed by atoms with van der Waals surface area (Å²) in [6.45, 7) is 0. The van der Waals surface area contributed by atoms with E-state index in [0.29, 0.717) is 0 Å². The van der Waals surface area contributed by atoms with E-state index < -0.39 is 0 Å². The second-order valence-corrected chi connectivity index (χ2v) is 6.02. The number of rotatable bonds is 3. The Bertz CT molecular complexity index is 542. The Morgan fingerprint density at radius 2 is 1.83 bits per heavy atom. The summed E-state index contributed by atoms with van der Waals surface area (Å²) in [5.41, 5.74) is 2.23. The normalized spacial score (nSPS) is 12.4. The zero-order valence-electron chi connectivity index (χ0n) is 9.75. The summed E-state index contributed by atoms with van der Waals surface area (Å²) < 4.78 is 15.2. The second kappa shape index (κ2) is 6.12. The average molecular weight is 420 g/mol. The van der Waals surface area contributed by atoms with Crippen LogP contribution < -0.4 is 5.32 Å². The number of hydrogen-bond donors (Lipinski definition) is 1. The molecule has 0 aliphatic heterocycles. The summed E-state index contributed by atoms with van der Waals surface area (Å²) in [5.74, 6) is -0.211. The van der Waals surface area contributed by atoms with Gasteiger partial charge in [-0.05, 0) is 71.1 Å². The van der Waals surface area contributed by atoms with Crippen molar-refractivity contribution in [2.45, 2.75) is 6.04 Å². The molecule has 0 fully saturated rings. The van der Waals surface area contributed by atoms with Crippen LogP contribution in [0.3, 0.4) is 0 Å². The van der Waals surface area contributed by atoms with Crippen molar-refractivity contribution < 1.29 is 4.39 Å². The highest BCUT2D eigenvalue weighted by atomic mass is 127. The van der Waals surface area contributed by atoms with Gasteiger partial charge >= 0.3 is 0 Å². The highest BCUT2D eigenvalue weighted by Crippen LogP contribution is 2.28. The number of hydrogen-bond acceptors (Lipinski definition) is 1. The van der Waals surface area contributed by atoms with Crippen LogP contribution in [0.2, 0.25) is 0 Å². The van der Waals surface area contributed by atoms with Crippen LogP contribution in [0.15, 0.2) is 46.9 Å². The molecule has 18 heavy (non-hydrogen) atoms. The van der Waals surface area contributed by atoms with Crippen LogP contribution in [0.1, 0.15) is 17.2 Å². The van der Waals surface area contributed by atoms with E-state index in [1.54, 1.807) is 0 Å². The molecule has 0 spiro atoms. The maximum Gasteiger partial charge on any atom is 0.123 e. The lowest BCUT2D eigenvalue weighted by Crippen LogP contribution is -2.18. The van der Waals surface area contributed by atoms with Crippen LogP contribution in [0.5, 0.6) is 0 Å². The number of benzene rings is 2. The third-order valence-electron chi connectivity index (χ3n) is 2.76. The summed E-state index contributed by atoms with van der Waals surface area (Å²) in [7, 11) is 1.91. The third-order valence-corrected chi connectivity index (χ3v) is 4.24. The Balaban J connectivity index is 2.44. The molecule has 2 rings (SSSR count). The van der Waals surface area contributed by atoms with Gasteiger partial charge < -0.3 is 5.32 Å². The first-order valence-corrected chi connectivity index (χ1v) is 7.36. The molecule has 2 aromatic rings. The predicted octanol–water partition coefficient (Wildman–Crippen LogP) is 4.50. The summed E-state index contributed by atoms with van der Waals surface area (Å²) in [5, 5.41) is 3.27. The first kappa shape index (κ1) is 14.0. The molecule has 0 amide bonds. The van der Waals surface area contributed by atoms with E-state index >= 15 is 0 Å². The molecule has 1 N–H and O–H groups in total. The first-order chi connectivity index (χ1) is 8.61. The van der Waals surface area contributed by atoms with E-state index in [0.717, 1.165) is 10.0 Å². The van der Waals surface area contributed by atoms with Gasteiger partial charge in [0.2, 0.25) is 0 Å². The standard InChI is InChI=1S/C14H12BrFIN/c1-18-14(9-2-5-11(16)6-3-9)12-8-10(15)4-7-13(12)17/h2-8,14,18H,1H3. The zero-order chi connectivity index (χ0) is 13.1. The SMILES string of the molecule is CNC(c1ccc(F)cc1)c1cc(Br)ccc1I. The number of halogens is 3. The Kier molecular flexibility index (Phi) is 4.75. The van der Waals surface area contributed by atoms with Crippen molar-refractivity contribution >= 4 is 38.5 Å². The molecule has 1 nitrogen and oxygen atoms in total. The highest BCUT2D eigenvalue weighted by molar-refractivity contribution is 14.1. The summed E-state index contributed by atoms with van der Waals surface area (Å²) in [6.07, 6.45) is 0. The molecule has 1 atom stereocenters. The lowest BCUT2D eigenvalue weighted by atomic mass is 9.99. The van der Waals surface area contributed by atoms with Crippen LogP contribution in [0.4, 0.5) is 4.39 Å². The van der Waals surface area contributed by atoms with Gasteiger partial charge in [0.05, 0.1) is 6.04 Å². The molecule has 0 aliphatic rings. The molecule has 2 aromatic carbocycles. The van der Waals surface area contributed by atoms with Crippen molar-refractivity contribution in [3.63, 3.8) is 0 Å². The minimum atomic E-state index is -0.211. The molecule has 0 aromatic heterocycles. The van der Waals surface area contributed by atoms with Gasteiger partial charge in [-0.2, -0.15) is 0 Å². The Morgan fingerprint density at radius 3 is 2.44 bits per heavy atom. The molecule has 0 bridgehead atoms. The second-order valence-electron chi connectivity index (χ2n) is 3.94. The topological polar surface area (TPSA) is 12.0 Å². The minimum Gasteiger partial charge on any atom is -0.309 e. The first-order valence-electron chi connectivity index (χ1n) is 5.49. The maximum atomic E-state index is 13.0. The van der Waals surface area contributed by atoms with Crippen molar-refractivity contribution in [3.05, 3.63) is 67.5 Å². The summed E-state index contributed by atoms with van der Waals surface area (Å²) >= 11 is 5.80. The molecule has 0 saturated carbocycles. The van der Waals surface area contributed by atoms with Gasteiger partial charge in [-0.1, -0.05) is 28.1 Å². The van der Waals surface area contributed by atoms with Crippen molar-refractivity contribution in [1.29, 1.82) is 0 Å². The lowest BCUT2D eigenvalue weighted by molar-refractivity contribution is 0.623. The van der Waals surface area contributed by atoms with Crippen molar-refractivity contribution in [3.8, 4) is 0 Å². The molecule has 0 heterocycles. The van der Waals surface area contributed by atoms with Gasteiger partial charge in [-0.25, -0.2) is 4.39 Å². The maximum absolute atomic E-state index is 13.0. The molecule has 0 radical (unpaired) electrons. The summed E-state index contributed by atoms with van der Waals surface area (Å²) in [6, 6.07) is 12.8. The van der Waals surface area contributed by atoms with Crippen LogP contribution in [0.25, 0.3) is 0 Å². The molecule has 0 aliphatic carbocycles. The van der Waals surface area contributed by atoms with Gasteiger partial charge in [0.15, 0.2) is 0 Å². The van der Waals surface area contributed by atoms with Crippen molar-refractivity contribution in [1.82, 2.24) is 5.32 Å². The van der Waals surface area contributed by atoms with Gasteiger partial charge in [0.1, 0.15) is 5.82 Å². The van der Waals surface area contributed by atoms with Crippen LogP contribution >= 0.6 is 38.5 Å². The largest absolute Gasteiger partial charge is 0.309 e. The van der Waals surface area contributed by atoms with Crippen LogP contribution in [-0.2, 0) is 0 Å². The predicted molar refractivity (Wildman–Crippen MR) is 84.2 cm³/mol. The number of nitrogens with one attached hydrogen (secondary N) is 1. The minimum absolute atomic E-state index is 0.0648. The quantitative estimate of drug-likeness (QED) is 0.722. The van der Waals surface area contributed by atoms with E-state index in [9.17, 15) is 4.39 Å². The Hall–Kier alpha value is -0.460. The van der Waals surface area contributed by atoms with E-state index in [1.807, 2.05) is 25.2 Å². The fourth-order valence-electron chi connectivity index (χ4n) is 1.89. The molecule has 94 valence electrons. The van der Waals surface area contributed by atoms with Crippen LogP contribution in [0, 0.1) is 9.39 Å². The molecule has 0 saturated heterocycles. The van der Waals surface area contributed by atoms with Gasteiger partial charge in [0.25, 0.3) is 0 Å². The Labute approximate surface area is 128 Å². The molecular formula is C14H12BrFIN. The monoisotopic (exact) mass is 419 g/mol. The van der Waals surface area contributed by atoms with E-state index in [1.165, 1.54) is 21.3 Å². The Morgan fingerprint density at radius 1 is 1.17 bits per heavy atom. The van der Waals surface area contributed by atoms with Gasteiger partial charge in [-0.3, -0.25) is 0 Å². The zero-order valence-corrected chi connectivity index (χ0v) is 13.5. The molecule has 4 heteroatoms. The fourth-order valence-corrected chi connectivity index (χ4v) is 2.92. The van der Waals surface area contributed by atoms with Crippen molar-refractivity contribution in [2.24, 2.45) is 0 Å². The smallest absolute Gasteiger partial charge is 0.123 e. The van der Waals surface area contributed by atoms with E-state index in [4.69, 9.17) is 0 Å². The van der Waals surface area contributed by atoms with Crippen LogP contribution in [-0.4, -0.2) is 7.05 Å². The summed E-state index contributed by atoms with van der Waals surface area (Å²) in [4.78, 5) is 0. The van der Waals surface area contributed by atoms with E-state index in [2.05, 4.69) is 56.0 Å². The molecular weight excluding hydrogens is 408 g/mol. The lowest BCUT2D eigenvalue weighted by Gasteiger charge is -2.19. The highest BCUT2D eigenvalue weighted by Gasteiger charge is 2.15. The average Bonchev–Trinajstić information content (AvgIpc) is 2.37. The van der Waals surface area contributed by atoms with Crippen molar-refractivity contribution in [2.75, 3.05) is 7.05 Å². The van der Waals surface area contributed by atoms with E-state index in [-0.39, 0.29) is 11.9 Å². The van der Waals surface area contributed by atoms with Gasteiger partial charge in [-0.15, -0.1) is 0 Å². The van der Waals surface area contributed by atoms with Gasteiger partial charge in [0, 0.05) is 8.04 Å². The fraction of sp³-hybridized carbons (Fsp3) is 0.143. The molecule has 1 unspecified atom stereocenters. The third kappa shape index (κ3) is 3.10.